The van der Waals surface area contributed by atoms with Crippen molar-refractivity contribution in [2.24, 2.45) is 0 Å². The standard InChI is InChI=1S/C9H14O4/c1-6-3-4-7(10)8(13-6)5-9(11)12-2/h6,8H,3-5H2,1-2H3/t6-,8-/m0/s1. The van der Waals surface area contributed by atoms with Crippen LogP contribution in [-0.4, -0.2) is 31.1 Å². The summed E-state index contributed by atoms with van der Waals surface area (Å²) < 4.78 is 9.79. The predicted octanol–water partition coefficient (Wildman–Crippen LogP) is 0.686. The lowest BCUT2D eigenvalue weighted by molar-refractivity contribution is -0.154. The van der Waals surface area contributed by atoms with Crippen LogP contribution in [0, 0.1) is 0 Å². The van der Waals surface area contributed by atoms with Crippen LogP contribution in [0.15, 0.2) is 0 Å². The monoisotopic (exact) mass is 186 g/mol. The number of esters is 1. The maximum Gasteiger partial charge on any atom is 0.308 e. The number of ether oxygens (including phenoxy) is 2. The number of carbonyl (C=O) groups is 2. The smallest absolute Gasteiger partial charge is 0.308 e. The van der Waals surface area contributed by atoms with Crippen molar-refractivity contribution in [1.29, 1.82) is 0 Å². The highest BCUT2D eigenvalue weighted by molar-refractivity contribution is 5.87. The SMILES string of the molecule is COC(=O)C[C@@H]1O[C@@H](C)CCC1=O. The molecule has 0 amide bonds. The lowest BCUT2D eigenvalue weighted by atomic mass is 10.0. The number of carbonyl (C=O) groups excluding carboxylic acids is 2. The van der Waals surface area contributed by atoms with Gasteiger partial charge in [0, 0.05) is 6.42 Å². The van der Waals surface area contributed by atoms with Crippen LogP contribution in [0.5, 0.6) is 0 Å². The minimum Gasteiger partial charge on any atom is -0.469 e. The zero-order chi connectivity index (χ0) is 9.84. The number of methoxy groups -OCH3 is 1. The van der Waals surface area contributed by atoms with Crippen molar-refractivity contribution in [2.45, 2.75) is 38.4 Å². The fourth-order valence-electron chi connectivity index (χ4n) is 1.33. The molecule has 1 aliphatic rings. The van der Waals surface area contributed by atoms with E-state index in [0.29, 0.717) is 6.42 Å². The Kier molecular flexibility index (Phi) is 3.42. The van der Waals surface area contributed by atoms with Crippen LogP contribution in [0.2, 0.25) is 0 Å². The van der Waals surface area contributed by atoms with E-state index in [2.05, 4.69) is 4.74 Å². The first-order chi connectivity index (χ1) is 6.13. The Balaban J connectivity index is 2.46. The Morgan fingerprint density at radius 1 is 1.69 bits per heavy atom. The van der Waals surface area contributed by atoms with Crippen molar-refractivity contribution < 1.29 is 19.1 Å². The number of ketones is 1. The fourth-order valence-corrected chi connectivity index (χ4v) is 1.33. The van der Waals surface area contributed by atoms with E-state index in [0.717, 1.165) is 6.42 Å². The lowest BCUT2D eigenvalue weighted by Crippen LogP contribution is -2.35. The molecule has 2 atom stereocenters. The summed E-state index contributed by atoms with van der Waals surface area (Å²) in [7, 11) is 1.30. The van der Waals surface area contributed by atoms with E-state index in [1.165, 1.54) is 7.11 Å². The molecule has 0 radical (unpaired) electrons. The molecule has 4 nitrogen and oxygen atoms in total. The molecule has 1 aliphatic heterocycles. The maximum absolute atomic E-state index is 11.3. The number of hydrogen-bond acceptors (Lipinski definition) is 4. The zero-order valence-corrected chi connectivity index (χ0v) is 7.91. The second-order valence-corrected chi connectivity index (χ2v) is 3.22. The molecule has 0 aliphatic carbocycles. The molecule has 1 rings (SSSR count). The Morgan fingerprint density at radius 3 is 3.00 bits per heavy atom. The van der Waals surface area contributed by atoms with Gasteiger partial charge >= 0.3 is 5.97 Å². The van der Waals surface area contributed by atoms with Gasteiger partial charge in [-0.05, 0) is 13.3 Å². The predicted molar refractivity (Wildman–Crippen MR) is 45.2 cm³/mol. The molecule has 0 aromatic carbocycles. The van der Waals surface area contributed by atoms with Crippen molar-refractivity contribution in [3.63, 3.8) is 0 Å². The highest BCUT2D eigenvalue weighted by atomic mass is 16.5. The molecule has 1 saturated heterocycles. The molecule has 0 spiro atoms. The quantitative estimate of drug-likeness (QED) is 0.595. The molecule has 0 N–H and O–H groups in total. The molecule has 13 heavy (non-hydrogen) atoms. The van der Waals surface area contributed by atoms with Crippen LogP contribution < -0.4 is 0 Å². The van der Waals surface area contributed by atoms with Gasteiger partial charge in [-0.3, -0.25) is 9.59 Å². The van der Waals surface area contributed by atoms with Crippen molar-refractivity contribution in [2.75, 3.05) is 7.11 Å². The van der Waals surface area contributed by atoms with Crippen LogP contribution >= 0.6 is 0 Å². The molecular formula is C9H14O4. The Morgan fingerprint density at radius 2 is 2.38 bits per heavy atom. The van der Waals surface area contributed by atoms with Crippen LogP contribution in [-0.2, 0) is 19.1 Å². The van der Waals surface area contributed by atoms with Gasteiger partial charge < -0.3 is 9.47 Å². The van der Waals surface area contributed by atoms with E-state index in [1.807, 2.05) is 6.92 Å². The molecule has 4 heteroatoms. The van der Waals surface area contributed by atoms with Crippen LogP contribution in [0.25, 0.3) is 0 Å². The van der Waals surface area contributed by atoms with Crippen LogP contribution in [0.1, 0.15) is 26.2 Å². The first-order valence-electron chi connectivity index (χ1n) is 4.38. The Labute approximate surface area is 77.2 Å². The second kappa shape index (κ2) is 4.37. The largest absolute Gasteiger partial charge is 0.469 e. The van der Waals surface area contributed by atoms with E-state index in [-0.39, 0.29) is 18.3 Å². The van der Waals surface area contributed by atoms with Gasteiger partial charge in [-0.2, -0.15) is 0 Å². The number of Topliss-reactive ketones (excluding diaryl/α,β-unsaturated/α-hetero) is 1. The van der Waals surface area contributed by atoms with Gasteiger partial charge in [0.15, 0.2) is 5.78 Å². The summed E-state index contributed by atoms with van der Waals surface area (Å²) in [5, 5.41) is 0. The normalized spacial score (nSPS) is 28.6. The summed E-state index contributed by atoms with van der Waals surface area (Å²) in [6.07, 6.45) is 0.766. The summed E-state index contributed by atoms with van der Waals surface area (Å²) in [6, 6.07) is 0. The van der Waals surface area contributed by atoms with Gasteiger partial charge in [0.05, 0.1) is 19.6 Å². The van der Waals surface area contributed by atoms with E-state index < -0.39 is 12.1 Å². The number of rotatable bonds is 2. The molecular weight excluding hydrogens is 172 g/mol. The highest BCUT2D eigenvalue weighted by Gasteiger charge is 2.29. The average Bonchev–Trinajstić information content (AvgIpc) is 2.11. The molecule has 0 aromatic heterocycles. The molecule has 0 saturated carbocycles. The van der Waals surface area contributed by atoms with E-state index in [9.17, 15) is 9.59 Å². The summed E-state index contributed by atoms with van der Waals surface area (Å²) in [6.45, 7) is 1.90. The van der Waals surface area contributed by atoms with E-state index in [1.54, 1.807) is 0 Å². The third-order valence-corrected chi connectivity index (χ3v) is 2.13. The topological polar surface area (TPSA) is 52.6 Å². The minimum absolute atomic E-state index is 0.00324. The fraction of sp³-hybridized carbons (Fsp3) is 0.778. The van der Waals surface area contributed by atoms with Gasteiger partial charge in [-0.15, -0.1) is 0 Å². The van der Waals surface area contributed by atoms with E-state index >= 15 is 0 Å². The highest BCUT2D eigenvalue weighted by Crippen LogP contribution is 2.18. The van der Waals surface area contributed by atoms with Gasteiger partial charge in [-0.1, -0.05) is 0 Å². The van der Waals surface area contributed by atoms with Crippen LogP contribution in [0.4, 0.5) is 0 Å². The summed E-state index contributed by atoms with van der Waals surface area (Å²) in [5.41, 5.74) is 0. The van der Waals surface area contributed by atoms with Crippen molar-refractivity contribution in [1.82, 2.24) is 0 Å². The Hall–Kier alpha value is -0.900. The molecule has 0 bridgehead atoms. The molecule has 1 heterocycles. The number of hydrogen-bond donors (Lipinski definition) is 0. The van der Waals surface area contributed by atoms with Gasteiger partial charge in [-0.25, -0.2) is 0 Å². The molecule has 1 fully saturated rings. The van der Waals surface area contributed by atoms with Crippen molar-refractivity contribution >= 4 is 11.8 Å². The first kappa shape index (κ1) is 10.2. The van der Waals surface area contributed by atoms with E-state index in [4.69, 9.17) is 4.74 Å². The Bertz CT molecular complexity index is 212. The maximum atomic E-state index is 11.3. The van der Waals surface area contributed by atoms with Crippen LogP contribution in [0.3, 0.4) is 0 Å². The lowest BCUT2D eigenvalue weighted by Gasteiger charge is -2.25. The second-order valence-electron chi connectivity index (χ2n) is 3.22. The molecule has 74 valence electrons. The van der Waals surface area contributed by atoms with Gasteiger partial charge in [0.25, 0.3) is 0 Å². The summed E-state index contributed by atoms with van der Waals surface area (Å²) in [4.78, 5) is 22.1. The average molecular weight is 186 g/mol. The van der Waals surface area contributed by atoms with Gasteiger partial charge in [0.2, 0.25) is 0 Å². The molecule has 0 aromatic rings. The summed E-state index contributed by atoms with van der Waals surface area (Å²) >= 11 is 0. The molecule has 0 unspecified atom stereocenters. The van der Waals surface area contributed by atoms with Gasteiger partial charge in [0.1, 0.15) is 6.10 Å². The first-order valence-corrected chi connectivity index (χ1v) is 4.38. The zero-order valence-electron chi connectivity index (χ0n) is 7.91. The van der Waals surface area contributed by atoms with Crippen molar-refractivity contribution in [3.05, 3.63) is 0 Å². The van der Waals surface area contributed by atoms with Crippen molar-refractivity contribution in [3.8, 4) is 0 Å². The third-order valence-electron chi connectivity index (χ3n) is 2.13. The minimum atomic E-state index is -0.587. The summed E-state index contributed by atoms with van der Waals surface area (Å²) in [5.74, 6) is -0.393. The third kappa shape index (κ3) is 2.81.